The molecule has 0 aliphatic rings. The van der Waals surface area contributed by atoms with Crippen molar-refractivity contribution >= 4 is 10.0 Å². The van der Waals surface area contributed by atoms with Gasteiger partial charge in [0.2, 0.25) is 10.0 Å². The first kappa shape index (κ1) is 19.6. The molecule has 1 N–H and O–H groups in total. The number of hydrogen-bond acceptors (Lipinski definition) is 5. The molecule has 0 aliphatic heterocycles. The fourth-order valence-electron chi connectivity index (χ4n) is 2.06. The third-order valence-electron chi connectivity index (χ3n) is 3.29. The molecule has 138 valence electrons. The molecule has 6 nitrogen and oxygen atoms in total. The number of methoxy groups -OCH3 is 1. The lowest BCUT2D eigenvalue weighted by molar-refractivity contribution is 0.331. The molecule has 0 heterocycles. The van der Waals surface area contributed by atoms with Crippen molar-refractivity contribution in [3.8, 4) is 29.1 Å². The molecule has 2 rings (SSSR count). The molecular weight excluding hydrogens is 354 g/mol. The van der Waals surface area contributed by atoms with Gasteiger partial charge in [-0.1, -0.05) is 24.0 Å². The smallest absolute Gasteiger partial charge is 0.241 e. The van der Waals surface area contributed by atoms with E-state index in [4.69, 9.17) is 14.2 Å². The summed E-state index contributed by atoms with van der Waals surface area (Å²) in [6.45, 7) is 2.51. The Hall–Kier alpha value is -2.69. The molecular formula is C19H21NO5S. The molecule has 0 bridgehead atoms. The average molecular weight is 375 g/mol. The van der Waals surface area contributed by atoms with Crippen molar-refractivity contribution in [2.75, 3.05) is 26.9 Å². The molecule has 0 unspecified atom stereocenters. The van der Waals surface area contributed by atoms with E-state index in [0.29, 0.717) is 23.9 Å². The Balaban J connectivity index is 1.84. The van der Waals surface area contributed by atoms with Crippen LogP contribution in [0.5, 0.6) is 17.2 Å². The Morgan fingerprint density at radius 2 is 1.65 bits per heavy atom. The predicted octanol–water partition coefficient (Wildman–Crippen LogP) is 2.45. The van der Waals surface area contributed by atoms with Crippen molar-refractivity contribution in [1.29, 1.82) is 0 Å². The summed E-state index contributed by atoms with van der Waals surface area (Å²) in [5, 5.41) is 0. The molecule has 0 saturated carbocycles. The largest absolute Gasteiger partial charge is 0.494 e. The van der Waals surface area contributed by atoms with Crippen LogP contribution in [-0.2, 0) is 10.0 Å². The average Bonchev–Trinajstić information content (AvgIpc) is 2.65. The van der Waals surface area contributed by atoms with Gasteiger partial charge in [0.15, 0.2) is 11.5 Å². The van der Waals surface area contributed by atoms with Gasteiger partial charge >= 0.3 is 0 Å². The molecule has 0 fully saturated rings. The van der Waals surface area contributed by atoms with Crippen molar-refractivity contribution in [3.63, 3.8) is 0 Å². The zero-order valence-corrected chi connectivity index (χ0v) is 15.5. The normalized spacial score (nSPS) is 10.5. The van der Waals surface area contributed by atoms with Gasteiger partial charge in [-0.25, -0.2) is 8.42 Å². The van der Waals surface area contributed by atoms with Crippen LogP contribution in [0.25, 0.3) is 0 Å². The van der Waals surface area contributed by atoms with Crippen LogP contribution in [0.2, 0.25) is 0 Å². The first-order valence-electron chi connectivity index (χ1n) is 8.01. The summed E-state index contributed by atoms with van der Waals surface area (Å²) in [5.41, 5.74) is 0. The molecule has 2 aromatic carbocycles. The monoisotopic (exact) mass is 375 g/mol. The minimum atomic E-state index is -3.61. The second-order valence-corrected chi connectivity index (χ2v) is 6.79. The first-order chi connectivity index (χ1) is 12.6. The van der Waals surface area contributed by atoms with E-state index in [1.54, 1.807) is 31.4 Å². The topological polar surface area (TPSA) is 73.9 Å². The number of nitrogens with one attached hydrogen (secondary N) is 1. The minimum Gasteiger partial charge on any atom is -0.494 e. The van der Waals surface area contributed by atoms with Crippen LogP contribution >= 0.6 is 0 Å². The van der Waals surface area contributed by atoms with Gasteiger partial charge in [-0.3, -0.25) is 0 Å². The first-order valence-corrected chi connectivity index (χ1v) is 9.49. The van der Waals surface area contributed by atoms with E-state index in [2.05, 4.69) is 16.6 Å². The molecule has 2 aromatic rings. The maximum absolute atomic E-state index is 12.2. The Kier molecular flexibility index (Phi) is 7.33. The molecule has 0 atom stereocenters. The fourth-order valence-corrected chi connectivity index (χ4v) is 2.98. The quantitative estimate of drug-likeness (QED) is 0.718. The van der Waals surface area contributed by atoms with Crippen LogP contribution in [0.3, 0.4) is 0 Å². The highest BCUT2D eigenvalue weighted by molar-refractivity contribution is 7.89. The van der Waals surface area contributed by atoms with E-state index in [0.717, 1.165) is 0 Å². The van der Waals surface area contributed by atoms with Gasteiger partial charge in [-0.2, -0.15) is 4.72 Å². The maximum Gasteiger partial charge on any atom is 0.241 e. The van der Waals surface area contributed by atoms with E-state index in [9.17, 15) is 8.42 Å². The van der Waals surface area contributed by atoms with Gasteiger partial charge in [0.05, 0.1) is 25.2 Å². The molecule has 0 saturated heterocycles. The van der Waals surface area contributed by atoms with Crippen molar-refractivity contribution in [3.05, 3.63) is 48.5 Å². The number of sulfonamides is 1. The minimum absolute atomic E-state index is 0.00910. The van der Waals surface area contributed by atoms with Crippen molar-refractivity contribution in [1.82, 2.24) is 4.72 Å². The lowest BCUT2D eigenvalue weighted by atomic mass is 10.3. The standard InChI is InChI=1S/C19H21NO5S/c1-3-24-16-10-12-17(13-11-16)26(21,22)20-14-6-7-15-25-19-9-5-4-8-18(19)23-2/h4-5,8-13,20H,3,14-15H2,1-2H3. The zero-order chi connectivity index (χ0) is 18.8. The van der Waals surface area contributed by atoms with Crippen molar-refractivity contribution < 1.29 is 22.6 Å². The van der Waals surface area contributed by atoms with E-state index in [1.807, 2.05) is 19.1 Å². The van der Waals surface area contributed by atoms with Crippen molar-refractivity contribution in [2.24, 2.45) is 0 Å². The molecule has 0 radical (unpaired) electrons. The van der Waals surface area contributed by atoms with Gasteiger partial charge in [0.1, 0.15) is 12.4 Å². The Morgan fingerprint density at radius 1 is 0.962 bits per heavy atom. The van der Waals surface area contributed by atoms with Crippen LogP contribution in [0.15, 0.2) is 53.4 Å². The van der Waals surface area contributed by atoms with Crippen molar-refractivity contribution in [2.45, 2.75) is 11.8 Å². The number of benzene rings is 2. The Morgan fingerprint density at radius 3 is 2.31 bits per heavy atom. The predicted molar refractivity (Wildman–Crippen MR) is 99.1 cm³/mol. The van der Waals surface area contributed by atoms with Gasteiger partial charge < -0.3 is 14.2 Å². The summed E-state index contributed by atoms with van der Waals surface area (Å²) >= 11 is 0. The highest BCUT2D eigenvalue weighted by atomic mass is 32.2. The van der Waals surface area contributed by atoms with E-state index in [1.165, 1.54) is 12.1 Å². The molecule has 0 aromatic heterocycles. The third-order valence-corrected chi connectivity index (χ3v) is 4.71. The summed E-state index contributed by atoms with van der Waals surface area (Å²) in [6.07, 6.45) is 0. The summed E-state index contributed by atoms with van der Waals surface area (Å²) in [6, 6.07) is 13.4. The molecule has 0 amide bonds. The number of hydrogen-bond donors (Lipinski definition) is 1. The maximum atomic E-state index is 12.2. The molecule has 0 spiro atoms. The second kappa shape index (κ2) is 9.70. The summed E-state index contributed by atoms with van der Waals surface area (Å²) < 4.78 is 42.7. The highest BCUT2D eigenvalue weighted by Gasteiger charge is 2.12. The van der Waals surface area contributed by atoms with E-state index in [-0.39, 0.29) is 18.0 Å². The van der Waals surface area contributed by atoms with E-state index < -0.39 is 10.0 Å². The highest BCUT2D eigenvalue weighted by Crippen LogP contribution is 2.25. The molecule has 26 heavy (non-hydrogen) atoms. The van der Waals surface area contributed by atoms with Crippen LogP contribution in [0, 0.1) is 11.8 Å². The lowest BCUT2D eigenvalue weighted by Gasteiger charge is -2.07. The van der Waals surface area contributed by atoms with Crippen LogP contribution in [0.1, 0.15) is 6.92 Å². The Bertz CT molecular complexity index is 867. The fraction of sp³-hybridized carbons (Fsp3) is 0.263. The molecule has 7 heteroatoms. The van der Waals surface area contributed by atoms with Gasteiger partial charge in [0.25, 0.3) is 0 Å². The SMILES string of the molecule is CCOc1ccc(S(=O)(=O)NCC#CCOc2ccccc2OC)cc1. The molecule has 0 aliphatic carbocycles. The van der Waals surface area contributed by atoms with E-state index >= 15 is 0 Å². The Labute approximate surface area is 154 Å². The second-order valence-electron chi connectivity index (χ2n) is 5.02. The number of para-hydroxylation sites is 2. The zero-order valence-electron chi connectivity index (χ0n) is 14.7. The van der Waals surface area contributed by atoms with Gasteiger partial charge in [-0.05, 0) is 43.3 Å². The summed E-state index contributed by atoms with van der Waals surface area (Å²) in [4.78, 5) is 0.160. The van der Waals surface area contributed by atoms with Crippen LogP contribution < -0.4 is 18.9 Å². The summed E-state index contributed by atoms with van der Waals surface area (Å²) in [5.74, 6) is 7.30. The number of rotatable bonds is 8. The summed E-state index contributed by atoms with van der Waals surface area (Å²) in [7, 11) is -2.05. The van der Waals surface area contributed by atoms with Crippen LogP contribution in [-0.4, -0.2) is 35.3 Å². The van der Waals surface area contributed by atoms with Gasteiger partial charge in [0, 0.05) is 0 Å². The number of ether oxygens (including phenoxy) is 3. The van der Waals surface area contributed by atoms with Crippen LogP contribution in [0.4, 0.5) is 0 Å². The van der Waals surface area contributed by atoms with Gasteiger partial charge in [-0.15, -0.1) is 0 Å². The third kappa shape index (κ3) is 5.69. The lowest BCUT2D eigenvalue weighted by Crippen LogP contribution is -2.24.